The molecule has 114 valence electrons. The van der Waals surface area contributed by atoms with Crippen LogP contribution in [0.15, 0.2) is 24.5 Å². The summed E-state index contributed by atoms with van der Waals surface area (Å²) in [4.78, 5) is 3.74. The molecule has 0 aliphatic rings. The molecule has 0 bridgehead atoms. The van der Waals surface area contributed by atoms with E-state index in [0.29, 0.717) is 12.1 Å². The van der Waals surface area contributed by atoms with Crippen molar-refractivity contribution in [2.75, 3.05) is 5.73 Å². The van der Waals surface area contributed by atoms with Gasteiger partial charge in [0.25, 0.3) is 0 Å². The first-order valence-electron chi connectivity index (χ1n) is 5.57. The van der Waals surface area contributed by atoms with Crippen molar-refractivity contribution in [3.63, 3.8) is 0 Å². The Morgan fingerprint density at radius 1 is 0.952 bits per heavy atom. The van der Waals surface area contributed by atoms with Gasteiger partial charge in [0.05, 0.1) is 17.5 Å². The van der Waals surface area contributed by atoms with Crippen molar-refractivity contribution in [2.45, 2.75) is 12.4 Å². The molecule has 21 heavy (non-hydrogen) atoms. The summed E-state index contributed by atoms with van der Waals surface area (Å²) in [5, 5.41) is 0. The number of imidazole rings is 1. The second kappa shape index (κ2) is 4.68. The smallest absolute Gasteiger partial charge is 0.383 e. The molecule has 0 saturated heterocycles. The predicted molar refractivity (Wildman–Crippen MR) is 63.1 cm³/mol. The van der Waals surface area contributed by atoms with Gasteiger partial charge in [0.15, 0.2) is 0 Å². The molecule has 3 nitrogen and oxygen atoms in total. The topological polar surface area (TPSA) is 43.8 Å². The van der Waals surface area contributed by atoms with Crippen molar-refractivity contribution in [1.82, 2.24) is 9.55 Å². The third-order valence-corrected chi connectivity index (χ3v) is 2.84. The standard InChI is InChI=1S/C12H9F6N3/c1-21-5-20-9(10(21)19)6-2-7(11(13,14)15)4-8(3-6)12(16,17)18/h2-5H,19H2,1H3. The first-order chi connectivity index (χ1) is 9.50. The summed E-state index contributed by atoms with van der Waals surface area (Å²) in [6.45, 7) is 0. The Labute approximate surface area is 115 Å². The van der Waals surface area contributed by atoms with Crippen molar-refractivity contribution < 1.29 is 26.3 Å². The lowest BCUT2D eigenvalue weighted by Gasteiger charge is -2.13. The molecular weight excluding hydrogens is 300 g/mol. The Kier molecular flexibility index (Phi) is 3.38. The molecule has 0 aliphatic heterocycles. The minimum atomic E-state index is -4.90. The molecule has 9 heteroatoms. The van der Waals surface area contributed by atoms with Crippen molar-refractivity contribution >= 4 is 5.82 Å². The van der Waals surface area contributed by atoms with Crippen LogP contribution in [0.4, 0.5) is 32.2 Å². The van der Waals surface area contributed by atoms with Gasteiger partial charge in [-0.25, -0.2) is 4.98 Å². The number of hydrogen-bond donors (Lipinski definition) is 1. The Balaban J connectivity index is 2.69. The van der Waals surface area contributed by atoms with Crippen LogP contribution in [-0.2, 0) is 19.4 Å². The van der Waals surface area contributed by atoms with E-state index >= 15 is 0 Å². The van der Waals surface area contributed by atoms with Crippen LogP contribution in [0, 0.1) is 0 Å². The molecular formula is C12H9F6N3. The minimum absolute atomic E-state index is 0.0255. The lowest BCUT2D eigenvalue weighted by atomic mass is 10.0. The Bertz CT molecular complexity index is 636. The van der Waals surface area contributed by atoms with Crippen LogP contribution in [-0.4, -0.2) is 9.55 Å². The molecule has 2 N–H and O–H groups in total. The molecule has 0 fully saturated rings. The highest BCUT2D eigenvalue weighted by molar-refractivity contribution is 5.71. The number of alkyl halides is 6. The number of nitrogens with two attached hydrogens (primary N) is 1. The van der Waals surface area contributed by atoms with Gasteiger partial charge in [-0.05, 0) is 18.2 Å². The van der Waals surface area contributed by atoms with E-state index in [2.05, 4.69) is 4.98 Å². The Morgan fingerprint density at radius 3 is 1.76 bits per heavy atom. The van der Waals surface area contributed by atoms with Gasteiger partial charge in [0.1, 0.15) is 11.5 Å². The number of rotatable bonds is 1. The average molecular weight is 309 g/mol. The fraction of sp³-hybridized carbons (Fsp3) is 0.250. The maximum atomic E-state index is 12.7. The molecule has 0 atom stereocenters. The van der Waals surface area contributed by atoms with Crippen molar-refractivity contribution in [3.8, 4) is 11.3 Å². The van der Waals surface area contributed by atoms with E-state index in [1.54, 1.807) is 0 Å². The van der Waals surface area contributed by atoms with Gasteiger partial charge in [0, 0.05) is 12.6 Å². The van der Waals surface area contributed by atoms with E-state index in [0.717, 1.165) is 0 Å². The second-order valence-electron chi connectivity index (χ2n) is 4.38. The number of halogens is 6. The quantitative estimate of drug-likeness (QED) is 0.816. The minimum Gasteiger partial charge on any atom is -0.383 e. The number of benzene rings is 1. The van der Waals surface area contributed by atoms with Crippen LogP contribution >= 0.6 is 0 Å². The number of hydrogen-bond acceptors (Lipinski definition) is 2. The molecule has 0 unspecified atom stereocenters. The van der Waals surface area contributed by atoms with Crippen LogP contribution in [0.2, 0.25) is 0 Å². The van der Waals surface area contributed by atoms with E-state index in [1.165, 1.54) is 17.9 Å². The first-order valence-corrected chi connectivity index (χ1v) is 5.57. The molecule has 0 amide bonds. The van der Waals surface area contributed by atoms with Gasteiger partial charge in [-0.1, -0.05) is 0 Å². The lowest BCUT2D eigenvalue weighted by Crippen LogP contribution is -2.11. The predicted octanol–water partition coefficient (Wildman–Crippen LogP) is 3.71. The molecule has 0 aliphatic carbocycles. The van der Waals surface area contributed by atoms with Crippen LogP contribution in [0.5, 0.6) is 0 Å². The van der Waals surface area contributed by atoms with Crippen LogP contribution in [0.25, 0.3) is 11.3 Å². The van der Waals surface area contributed by atoms with E-state index in [4.69, 9.17) is 5.73 Å². The summed E-state index contributed by atoms with van der Waals surface area (Å²) in [5.74, 6) is -0.0255. The van der Waals surface area contributed by atoms with Crippen molar-refractivity contribution in [1.29, 1.82) is 0 Å². The molecule has 0 spiro atoms. The van der Waals surface area contributed by atoms with Gasteiger partial charge >= 0.3 is 12.4 Å². The highest BCUT2D eigenvalue weighted by Gasteiger charge is 2.37. The van der Waals surface area contributed by atoms with Gasteiger partial charge in [-0.15, -0.1) is 0 Å². The molecule has 2 rings (SSSR count). The fourth-order valence-corrected chi connectivity index (χ4v) is 1.75. The Morgan fingerprint density at radius 2 is 1.43 bits per heavy atom. The highest BCUT2D eigenvalue weighted by Crippen LogP contribution is 2.39. The monoisotopic (exact) mass is 309 g/mol. The molecule has 1 aromatic carbocycles. The maximum absolute atomic E-state index is 12.7. The molecule has 1 heterocycles. The molecule has 2 aromatic rings. The molecule has 0 saturated carbocycles. The fourth-order valence-electron chi connectivity index (χ4n) is 1.75. The first kappa shape index (κ1) is 15.2. The SMILES string of the molecule is Cn1cnc(-c2cc(C(F)(F)F)cc(C(F)(F)F)c2)c1N. The number of anilines is 1. The number of nitrogen functional groups attached to an aromatic ring is 1. The number of aryl methyl sites for hydroxylation is 1. The summed E-state index contributed by atoms with van der Waals surface area (Å²) < 4.78 is 77.7. The molecule has 1 aromatic heterocycles. The van der Waals surface area contributed by atoms with E-state index in [9.17, 15) is 26.3 Å². The molecule has 0 radical (unpaired) electrons. The zero-order valence-electron chi connectivity index (χ0n) is 10.5. The maximum Gasteiger partial charge on any atom is 0.416 e. The third kappa shape index (κ3) is 2.96. The van der Waals surface area contributed by atoms with E-state index < -0.39 is 23.5 Å². The van der Waals surface area contributed by atoms with Gasteiger partial charge in [-0.2, -0.15) is 26.3 Å². The normalized spacial score (nSPS) is 12.7. The zero-order chi connectivity index (χ0) is 16.0. The zero-order valence-corrected chi connectivity index (χ0v) is 10.5. The van der Waals surface area contributed by atoms with Crippen molar-refractivity contribution in [3.05, 3.63) is 35.7 Å². The average Bonchev–Trinajstić information content (AvgIpc) is 2.67. The lowest BCUT2D eigenvalue weighted by molar-refractivity contribution is -0.143. The summed E-state index contributed by atoms with van der Waals surface area (Å²) in [6.07, 6.45) is -8.60. The van der Waals surface area contributed by atoms with Gasteiger partial charge < -0.3 is 10.3 Å². The third-order valence-electron chi connectivity index (χ3n) is 2.84. The summed E-state index contributed by atoms with van der Waals surface area (Å²) in [5.41, 5.74) is 2.31. The van der Waals surface area contributed by atoms with Gasteiger partial charge in [-0.3, -0.25) is 0 Å². The van der Waals surface area contributed by atoms with Gasteiger partial charge in [0.2, 0.25) is 0 Å². The highest BCUT2D eigenvalue weighted by atomic mass is 19.4. The van der Waals surface area contributed by atoms with Crippen LogP contribution < -0.4 is 5.73 Å². The summed E-state index contributed by atoms with van der Waals surface area (Å²) in [6, 6.07) is 1.24. The number of aromatic nitrogens is 2. The van der Waals surface area contributed by atoms with Crippen molar-refractivity contribution in [2.24, 2.45) is 7.05 Å². The summed E-state index contributed by atoms with van der Waals surface area (Å²) in [7, 11) is 1.48. The summed E-state index contributed by atoms with van der Waals surface area (Å²) >= 11 is 0. The van der Waals surface area contributed by atoms with Crippen LogP contribution in [0.3, 0.4) is 0 Å². The number of nitrogens with zero attached hydrogens (tertiary/aromatic N) is 2. The van der Waals surface area contributed by atoms with E-state index in [-0.39, 0.29) is 23.1 Å². The Hall–Kier alpha value is -2.19. The second-order valence-corrected chi connectivity index (χ2v) is 4.38. The largest absolute Gasteiger partial charge is 0.416 e. The van der Waals surface area contributed by atoms with Crippen LogP contribution in [0.1, 0.15) is 11.1 Å². The van der Waals surface area contributed by atoms with E-state index in [1.807, 2.05) is 0 Å².